The molecule has 0 spiro atoms. The van der Waals surface area contributed by atoms with E-state index in [1.54, 1.807) is 7.05 Å². The molecule has 1 atom stereocenters. The Morgan fingerprint density at radius 3 is 3.00 bits per heavy atom. The Morgan fingerprint density at radius 1 is 1.50 bits per heavy atom. The molecule has 2 N–H and O–H groups in total. The number of likely N-dealkylation sites (tertiary alicyclic amines) is 1. The number of pyridine rings is 1. The van der Waals surface area contributed by atoms with Gasteiger partial charge in [0.2, 0.25) is 10.0 Å². The highest BCUT2D eigenvalue weighted by Gasteiger charge is 2.25. The van der Waals surface area contributed by atoms with Crippen LogP contribution in [0.15, 0.2) is 23.2 Å². The number of nitrogens with zero attached hydrogens (tertiary/aromatic N) is 2. The smallest absolute Gasteiger partial charge is 0.240 e. The first-order valence-electron chi connectivity index (χ1n) is 6.94. The van der Waals surface area contributed by atoms with Crippen molar-refractivity contribution in [3.63, 3.8) is 0 Å². The molecule has 7 heteroatoms. The fraction of sp³-hybridized carbons (Fsp3) is 0.615. The monoisotopic (exact) mass is 298 g/mol. The second-order valence-corrected chi connectivity index (χ2v) is 6.67. The molecule has 2 heterocycles. The normalized spacial score (nSPS) is 20.2. The van der Waals surface area contributed by atoms with E-state index < -0.39 is 10.0 Å². The largest absolute Gasteiger partial charge is 0.373 e. The molecule has 0 aliphatic carbocycles. The number of hydrogen-bond acceptors (Lipinski definition) is 5. The molecule has 112 valence electrons. The van der Waals surface area contributed by atoms with E-state index >= 15 is 0 Å². The molecule has 1 unspecified atom stereocenters. The van der Waals surface area contributed by atoms with Gasteiger partial charge in [-0.2, -0.15) is 0 Å². The first kappa shape index (κ1) is 15.2. The van der Waals surface area contributed by atoms with Gasteiger partial charge in [-0.05, 0) is 32.0 Å². The van der Waals surface area contributed by atoms with E-state index in [9.17, 15) is 8.42 Å². The maximum atomic E-state index is 12.3. The Labute approximate surface area is 120 Å². The van der Waals surface area contributed by atoms with E-state index in [1.807, 2.05) is 0 Å². The highest BCUT2D eigenvalue weighted by molar-refractivity contribution is 7.89. The Hall–Kier alpha value is -1.18. The molecule has 1 aromatic heterocycles. The second kappa shape index (κ2) is 6.51. The zero-order valence-electron chi connectivity index (χ0n) is 12.0. The number of hydrogen-bond donors (Lipinski definition) is 2. The maximum Gasteiger partial charge on any atom is 0.240 e. The predicted molar refractivity (Wildman–Crippen MR) is 79.2 cm³/mol. The summed E-state index contributed by atoms with van der Waals surface area (Å²) in [5.41, 5.74) is 0. The molecule has 1 aromatic rings. The lowest BCUT2D eigenvalue weighted by Crippen LogP contribution is -2.40. The average Bonchev–Trinajstić information content (AvgIpc) is 2.93. The third-order valence-corrected chi connectivity index (χ3v) is 5.13. The molecule has 20 heavy (non-hydrogen) atoms. The van der Waals surface area contributed by atoms with Crippen molar-refractivity contribution in [2.24, 2.45) is 0 Å². The molecular formula is C13H22N4O2S. The van der Waals surface area contributed by atoms with Crippen molar-refractivity contribution in [3.05, 3.63) is 18.3 Å². The van der Waals surface area contributed by atoms with Crippen LogP contribution < -0.4 is 10.0 Å². The molecule has 0 aromatic carbocycles. The molecular weight excluding hydrogens is 276 g/mol. The number of anilines is 1. The fourth-order valence-electron chi connectivity index (χ4n) is 2.55. The molecule has 1 saturated heterocycles. The zero-order chi connectivity index (χ0) is 14.6. The molecule has 1 aliphatic heterocycles. The van der Waals surface area contributed by atoms with Crippen LogP contribution in [0.1, 0.15) is 19.8 Å². The first-order valence-corrected chi connectivity index (χ1v) is 8.42. The number of rotatable bonds is 6. The summed E-state index contributed by atoms with van der Waals surface area (Å²) >= 11 is 0. The van der Waals surface area contributed by atoms with Gasteiger partial charge < -0.3 is 5.32 Å². The van der Waals surface area contributed by atoms with Gasteiger partial charge in [0.15, 0.2) is 0 Å². The van der Waals surface area contributed by atoms with Gasteiger partial charge in [-0.15, -0.1) is 0 Å². The number of aromatic nitrogens is 1. The van der Waals surface area contributed by atoms with Crippen molar-refractivity contribution in [2.45, 2.75) is 30.7 Å². The van der Waals surface area contributed by atoms with Crippen LogP contribution in [0.2, 0.25) is 0 Å². The van der Waals surface area contributed by atoms with Gasteiger partial charge in [-0.25, -0.2) is 18.1 Å². The summed E-state index contributed by atoms with van der Waals surface area (Å²) < 4.78 is 27.2. The molecule has 0 saturated carbocycles. The van der Waals surface area contributed by atoms with Crippen molar-refractivity contribution in [2.75, 3.05) is 32.0 Å². The topological polar surface area (TPSA) is 74.3 Å². The van der Waals surface area contributed by atoms with Gasteiger partial charge in [0.25, 0.3) is 0 Å². The summed E-state index contributed by atoms with van der Waals surface area (Å²) in [4.78, 5) is 6.58. The minimum Gasteiger partial charge on any atom is -0.373 e. The summed E-state index contributed by atoms with van der Waals surface area (Å²) in [6.45, 7) is 4.59. The lowest BCUT2D eigenvalue weighted by atomic mass is 10.2. The van der Waals surface area contributed by atoms with E-state index in [0.717, 1.165) is 25.9 Å². The molecule has 0 amide bonds. The third-order valence-electron chi connectivity index (χ3n) is 3.71. The SMILES string of the molecule is CCN1CCCC1CNS(=O)(=O)c1ccnc(NC)c1. The first-order chi connectivity index (χ1) is 9.56. The van der Waals surface area contributed by atoms with Gasteiger partial charge >= 0.3 is 0 Å². The highest BCUT2D eigenvalue weighted by Crippen LogP contribution is 2.17. The van der Waals surface area contributed by atoms with Crippen molar-refractivity contribution < 1.29 is 8.42 Å². The van der Waals surface area contributed by atoms with Gasteiger partial charge in [0.1, 0.15) is 5.82 Å². The van der Waals surface area contributed by atoms with E-state index in [2.05, 4.69) is 26.8 Å². The van der Waals surface area contributed by atoms with Crippen LogP contribution in [0.5, 0.6) is 0 Å². The van der Waals surface area contributed by atoms with Gasteiger partial charge in [-0.1, -0.05) is 6.92 Å². The standard InChI is InChI=1S/C13H22N4O2S/c1-3-17-8-4-5-11(17)10-16-20(18,19)12-6-7-15-13(9-12)14-2/h6-7,9,11,16H,3-5,8,10H2,1-2H3,(H,14,15). The Morgan fingerprint density at radius 2 is 2.30 bits per heavy atom. The summed E-state index contributed by atoms with van der Waals surface area (Å²) in [7, 11) is -1.76. The molecule has 6 nitrogen and oxygen atoms in total. The summed E-state index contributed by atoms with van der Waals surface area (Å²) in [6, 6.07) is 3.35. The minimum atomic E-state index is -3.47. The quantitative estimate of drug-likeness (QED) is 0.816. The highest BCUT2D eigenvalue weighted by atomic mass is 32.2. The van der Waals surface area contributed by atoms with Crippen LogP contribution in [0.3, 0.4) is 0 Å². The zero-order valence-corrected chi connectivity index (χ0v) is 12.8. The van der Waals surface area contributed by atoms with E-state index in [0.29, 0.717) is 18.4 Å². The third kappa shape index (κ3) is 3.47. The van der Waals surface area contributed by atoms with E-state index in [-0.39, 0.29) is 4.90 Å². The van der Waals surface area contributed by atoms with Gasteiger partial charge in [0, 0.05) is 31.9 Å². The van der Waals surface area contributed by atoms with Crippen LogP contribution >= 0.6 is 0 Å². The van der Waals surface area contributed by atoms with Crippen LogP contribution in [0.4, 0.5) is 5.82 Å². The van der Waals surface area contributed by atoms with Crippen LogP contribution in [-0.2, 0) is 10.0 Å². The molecule has 0 radical (unpaired) electrons. The predicted octanol–water partition coefficient (Wildman–Crippen LogP) is 0.886. The molecule has 1 fully saturated rings. The van der Waals surface area contributed by atoms with Crippen LogP contribution in [0, 0.1) is 0 Å². The Balaban J connectivity index is 2.03. The maximum absolute atomic E-state index is 12.3. The van der Waals surface area contributed by atoms with Gasteiger partial charge in [0.05, 0.1) is 4.90 Å². The van der Waals surface area contributed by atoms with E-state index in [1.165, 1.54) is 18.3 Å². The fourth-order valence-corrected chi connectivity index (χ4v) is 3.63. The van der Waals surface area contributed by atoms with Crippen LogP contribution in [0.25, 0.3) is 0 Å². The van der Waals surface area contributed by atoms with Crippen LogP contribution in [-0.4, -0.2) is 51.0 Å². The second-order valence-electron chi connectivity index (χ2n) is 4.90. The van der Waals surface area contributed by atoms with Crippen molar-refractivity contribution in [3.8, 4) is 0 Å². The van der Waals surface area contributed by atoms with Crippen molar-refractivity contribution >= 4 is 15.8 Å². The number of nitrogens with one attached hydrogen (secondary N) is 2. The Kier molecular flexibility index (Phi) is 4.95. The Bertz CT molecular complexity index is 547. The van der Waals surface area contributed by atoms with E-state index in [4.69, 9.17) is 0 Å². The molecule has 1 aliphatic rings. The lowest BCUT2D eigenvalue weighted by Gasteiger charge is -2.22. The average molecular weight is 298 g/mol. The number of likely N-dealkylation sites (N-methyl/N-ethyl adjacent to an activating group) is 1. The summed E-state index contributed by atoms with van der Waals surface area (Å²) in [5, 5.41) is 2.84. The van der Waals surface area contributed by atoms with Gasteiger partial charge in [-0.3, -0.25) is 4.90 Å². The lowest BCUT2D eigenvalue weighted by molar-refractivity contribution is 0.268. The summed E-state index contributed by atoms with van der Waals surface area (Å²) in [6.07, 6.45) is 3.68. The van der Waals surface area contributed by atoms with Crippen molar-refractivity contribution in [1.82, 2.24) is 14.6 Å². The summed E-state index contributed by atoms with van der Waals surface area (Å²) in [5.74, 6) is 0.545. The molecule has 0 bridgehead atoms. The molecule has 2 rings (SSSR count). The minimum absolute atomic E-state index is 0.248. The number of sulfonamides is 1. The van der Waals surface area contributed by atoms with Crippen molar-refractivity contribution in [1.29, 1.82) is 0 Å².